The van der Waals surface area contributed by atoms with Crippen molar-refractivity contribution in [1.82, 2.24) is 5.32 Å². The SMILES string of the molecule is CC(C)(CNC(=O)CC(N)c1ccccc1)Cc1ccccc1. The summed E-state index contributed by atoms with van der Waals surface area (Å²) in [5, 5.41) is 3.02. The minimum absolute atomic E-state index is 0.00231. The van der Waals surface area contributed by atoms with Crippen LogP contribution in [0.2, 0.25) is 0 Å². The van der Waals surface area contributed by atoms with Crippen LogP contribution in [0, 0.1) is 5.41 Å². The van der Waals surface area contributed by atoms with E-state index < -0.39 is 0 Å². The largest absolute Gasteiger partial charge is 0.355 e. The Bertz CT molecular complexity index is 608. The Hall–Kier alpha value is -2.13. The number of nitrogens with one attached hydrogen (secondary N) is 1. The molecule has 0 aliphatic rings. The third kappa shape index (κ3) is 5.87. The molecule has 3 N–H and O–H groups in total. The van der Waals surface area contributed by atoms with E-state index in [-0.39, 0.29) is 17.4 Å². The molecule has 0 aliphatic heterocycles. The van der Waals surface area contributed by atoms with E-state index in [1.54, 1.807) is 0 Å². The Kier molecular flexibility index (Phi) is 5.94. The molecule has 3 nitrogen and oxygen atoms in total. The number of benzene rings is 2. The summed E-state index contributed by atoms with van der Waals surface area (Å²) in [5.41, 5.74) is 8.38. The second-order valence-electron chi connectivity index (χ2n) is 6.82. The molecule has 2 rings (SSSR count). The molecule has 1 atom stereocenters. The van der Waals surface area contributed by atoms with Crippen LogP contribution in [0.3, 0.4) is 0 Å². The summed E-state index contributed by atoms with van der Waals surface area (Å²) < 4.78 is 0. The zero-order valence-electron chi connectivity index (χ0n) is 14.0. The first-order valence-corrected chi connectivity index (χ1v) is 8.07. The molecule has 0 bridgehead atoms. The monoisotopic (exact) mass is 310 g/mol. The fraction of sp³-hybridized carbons (Fsp3) is 0.350. The highest BCUT2D eigenvalue weighted by Gasteiger charge is 2.20. The van der Waals surface area contributed by atoms with E-state index in [2.05, 4.69) is 31.3 Å². The van der Waals surface area contributed by atoms with Crippen molar-refractivity contribution in [3.63, 3.8) is 0 Å². The van der Waals surface area contributed by atoms with Crippen LogP contribution in [-0.4, -0.2) is 12.5 Å². The first-order valence-electron chi connectivity index (χ1n) is 8.07. The van der Waals surface area contributed by atoms with Gasteiger partial charge in [0, 0.05) is 19.0 Å². The van der Waals surface area contributed by atoms with Gasteiger partial charge in [-0.1, -0.05) is 74.5 Å². The maximum Gasteiger partial charge on any atom is 0.221 e. The predicted molar refractivity (Wildman–Crippen MR) is 94.9 cm³/mol. The predicted octanol–water partition coefficient (Wildman–Crippen LogP) is 3.46. The Morgan fingerprint density at radius 1 is 1.04 bits per heavy atom. The average molecular weight is 310 g/mol. The van der Waals surface area contributed by atoms with Gasteiger partial charge >= 0.3 is 0 Å². The first-order chi connectivity index (χ1) is 11.0. The van der Waals surface area contributed by atoms with Gasteiger partial charge in [-0.25, -0.2) is 0 Å². The van der Waals surface area contributed by atoms with Crippen molar-refractivity contribution >= 4 is 5.91 Å². The minimum atomic E-state index is -0.256. The van der Waals surface area contributed by atoms with Gasteiger partial charge < -0.3 is 11.1 Å². The third-order valence-corrected chi connectivity index (χ3v) is 3.92. The van der Waals surface area contributed by atoms with Crippen molar-refractivity contribution < 1.29 is 4.79 Å². The summed E-state index contributed by atoms with van der Waals surface area (Å²) in [6.45, 7) is 4.97. The standard InChI is InChI=1S/C20H26N2O/c1-20(2,14-16-9-5-3-6-10-16)15-22-19(23)13-18(21)17-11-7-4-8-12-17/h3-12,18H,13-15,21H2,1-2H3,(H,22,23). The molecular formula is C20H26N2O. The average Bonchev–Trinajstić information content (AvgIpc) is 2.54. The van der Waals surface area contributed by atoms with Gasteiger partial charge in [0.2, 0.25) is 5.91 Å². The molecule has 0 aromatic heterocycles. The normalized spacial score (nSPS) is 12.7. The molecule has 2 aromatic rings. The van der Waals surface area contributed by atoms with Crippen molar-refractivity contribution in [2.45, 2.75) is 32.7 Å². The second-order valence-corrected chi connectivity index (χ2v) is 6.82. The molecule has 0 saturated carbocycles. The zero-order valence-corrected chi connectivity index (χ0v) is 14.0. The molecule has 0 saturated heterocycles. The highest BCUT2D eigenvalue weighted by molar-refractivity contribution is 5.76. The van der Waals surface area contributed by atoms with Gasteiger partial charge in [0.1, 0.15) is 0 Å². The van der Waals surface area contributed by atoms with E-state index in [1.165, 1.54) is 5.56 Å². The van der Waals surface area contributed by atoms with Gasteiger partial charge in [-0.05, 0) is 23.0 Å². The number of hydrogen-bond donors (Lipinski definition) is 2. The van der Waals surface area contributed by atoms with Gasteiger partial charge in [0.25, 0.3) is 0 Å². The lowest BCUT2D eigenvalue weighted by Crippen LogP contribution is -2.36. The molecule has 23 heavy (non-hydrogen) atoms. The number of rotatable bonds is 7. The van der Waals surface area contributed by atoms with E-state index in [9.17, 15) is 4.79 Å². The van der Waals surface area contributed by atoms with Crippen LogP contribution in [0.5, 0.6) is 0 Å². The van der Waals surface area contributed by atoms with Gasteiger partial charge in [0.05, 0.1) is 0 Å². The number of nitrogens with two attached hydrogens (primary N) is 1. The summed E-state index contributed by atoms with van der Waals surface area (Å²) >= 11 is 0. The van der Waals surface area contributed by atoms with Crippen molar-refractivity contribution in [3.05, 3.63) is 71.8 Å². The van der Waals surface area contributed by atoms with E-state index >= 15 is 0 Å². The molecule has 3 heteroatoms. The van der Waals surface area contributed by atoms with E-state index in [0.29, 0.717) is 13.0 Å². The lowest BCUT2D eigenvalue weighted by molar-refractivity contribution is -0.121. The summed E-state index contributed by atoms with van der Waals surface area (Å²) in [4.78, 5) is 12.1. The molecule has 0 fully saturated rings. The van der Waals surface area contributed by atoms with Crippen LogP contribution >= 0.6 is 0 Å². The smallest absolute Gasteiger partial charge is 0.221 e. The molecule has 0 radical (unpaired) electrons. The number of carbonyl (C=O) groups excluding carboxylic acids is 1. The molecular weight excluding hydrogens is 284 g/mol. The molecule has 122 valence electrons. The van der Waals surface area contributed by atoms with Gasteiger partial charge in [-0.2, -0.15) is 0 Å². The molecule has 0 spiro atoms. The minimum Gasteiger partial charge on any atom is -0.355 e. The van der Waals surface area contributed by atoms with Gasteiger partial charge in [-0.15, -0.1) is 0 Å². The van der Waals surface area contributed by atoms with Crippen LogP contribution in [0.15, 0.2) is 60.7 Å². The van der Waals surface area contributed by atoms with Gasteiger partial charge in [-0.3, -0.25) is 4.79 Å². The van der Waals surface area contributed by atoms with Crippen LogP contribution in [0.4, 0.5) is 0 Å². The maximum atomic E-state index is 12.1. The fourth-order valence-electron chi connectivity index (χ4n) is 2.64. The second kappa shape index (κ2) is 7.93. The quantitative estimate of drug-likeness (QED) is 0.823. The topological polar surface area (TPSA) is 55.1 Å². The van der Waals surface area contributed by atoms with Gasteiger partial charge in [0.15, 0.2) is 0 Å². The summed E-state index contributed by atoms with van der Waals surface area (Å²) in [6.07, 6.45) is 1.24. The summed E-state index contributed by atoms with van der Waals surface area (Å²) in [6, 6.07) is 19.8. The van der Waals surface area contributed by atoms with Crippen molar-refractivity contribution in [2.75, 3.05) is 6.54 Å². The lowest BCUT2D eigenvalue weighted by atomic mass is 9.85. The Labute approximate surface area is 138 Å². The van der Waals surface area contributed by atoms with E-state index in [1.807, 2.05) is 48.5 Å². The third-order valence-electron chi connectivity index (χ3n) is 3.92. The van der Waals surface area contributed by atoms with Crippen LogP contribution < -0.4 is 11.1 Å². The number of amides is 1. The van der Waals surface area contributed by atoms with Crippen LogP contribution in [0.1, 0.15) is 37.4 Å². The van der Waals surface area contributed by atoms with Crippen LogP contribution in [0.25, 0.3) is 0 Å². The van der Waals surface area contributed by atoms with Crippen LogP contribution in [-0.2, 0) is 11.2 Å². The maximum absolute atomic E-state index is 12.1. The van der Waals surface area contributed by atoms with E-state index in [4.69, 9.17) is 5.73 Å². The summed E-state index contributed by atoms with van der Waals surface area (Å²) in [7, 11) is 0. The fourth-order valence-corrected chi connectivity index (χ4v) is 2.64. The Morgan fingerprint density at radius 2 is 1.61 bits per heavy atom. The Morgan fingerprint density at radius 3 is 2.22 bits per heavy atom. The van der Waals surface area contributed by atoms with E-state index in [0.717, 1.165) is 12.0 Å². The number of carbonyl (C=O) groups is 1. The van der Waals surface area contributed by atoms with Crippen molar-refractivity contribution in [1.29, 1.82) is 0 Å². The lowest BCUT2D eigenvalue weighted by Gasteiger charge is -2.25. The highest BCUT2D eigenvalue weighted by Crippen LogP contribution is 2.21. The molecule has 0 heterocycles. The Balaban J connectivity index is 1.81. The number of hydrogen-bond acceptors (Lipinski definition) is 2. The summed E-state index contributed by atoms with van der Waals surface area (Å²) in [5.74, 6) is 0.00231. The molecule has 1 amide bonds. The molecule has 2 aromatic carbocycles. The van der Waals surface area contributed by atoms with Crippen molar-refractivity contribution in [3.8, 4) is 0 Å². The molecule has 1 unspecified atom stereocenters. The van der Waals surface area contributed by atoms with Crippen molar-refractivity contribution in [2.24, 2.45) is 11.1 Å². The highest BCUT2D eigenvalue weighted by atomic mass is 16.1. The first kappa shape index (κ1) is 17.2. The molecule has 0 aliphatic carbocycles. The zero-order chi connectivity index (χ0) is 16.7.